The first kappa shape index (κ1) is 13.3. The highest BCUT2D eigenvalue weighted by atomic mass is 16.4. The maximum atomic E-state index is 5.71. The first-order valence-electron chi connectivity index (χ1n) is 6.97. The van der Waals surface area contributed by atoms with Gasteiger partial charge in [-0.2, -0.15) is 0 Å². The van der Waals surface area contributed by atoms with E-state index in [1.54, 1.807) is 0 Å². The van der Waals surface area contributed by atoms with Crippen LogP contribution >= 0.6 is 0 Å². The fourth-order valence-corrected chi connectivity index (χ4v) is 2.64. The minimum absolute atomic E-state index is 0.666. The normalized spacial score (nSPS) is 24.5. The molecule has 0 saturated carbocycles. The van der Waals surface area contributed by atoms with Crippen molar-refractivity contribution in [1.29, 1.82) is 0 Å². The van der Waals surface area contributed by atoms with Gasteiger partial charge in [-0.1, -0.05) is 25.9 Å². The van der Waals surface area contributed by atoms with Gasteiger partial charge in [-0.25, -0.2) is 0 Å². The highest BCUT2D eigenvalue weighted by molar-refractivity contribution is 5.25. The summed E-state index contributed by atoms with van der Waals surface area (Å²) < 4.78 is 5.71. The zero-order valence-electron chi connectivity index (χ0n) is 11.6. The molecule has 5 nitrogen and oxygen atoms in total. The molecule has 0 aromatic carbocycles. The molecular formula is C13H24N4O. The van der Waals surface area contributed by atoms with Crippen LogP contribution in [0, 0.1) is 11.8 Å². The Morgan fingerprint density at radius 1 is 1.28 bits per heavy atom. The van der Waals surface area contributed by atoms with Crippen molar-refractivity contribution in [2.75, 3.05) is 24.5 Å². The molecule has 0 radical (unpaired) electrons. The van der Waals surface area contributed by atoms with Gasteiger partial charge < -0.3 is 14.6 Å². The zero-order valence-corrected chi connectivity index (χ0v) is 11.6. The van der Waals surface area contributed by atoms with Crippen molar-refractivity contribution < 1.29 is 4.42 Å². The summed E-state index contributed by atoms with van der Waals surface area (Å²) in [6.07, 6.45) is 2.40. The highest BCUT2D eigenvalue weighted by Gasteiger charge is 2.25. The molecule has 1 aromatic rings. The molecule has 2 unspecified atom stereocenters. The van der Waals surface area contributed by atoms with Gasteiger partial charge in [-0.3, -0.25) is 0 Å². The summed E-state index contributed by atoms with van der Waals surface area (Å²) in [7, 11) is 0. The molecule has 1 aliphatic rings. The van der Waals surface area contributed by atoms with Crippen molar-refractivity contribution in [2.24, 2.45) is 11.8 Å². The number of nitrogens with one attached hydrogen (secondary N) is 1. The van der Waals surface area contributed by atoms with Gasteiger partial charge in [0.25, 0.3) is 0 Å². The summed E-state index contributed by atoms with van der Waals surface area (Å²) in [6.45, 7) is 10.4. The van der Waals surface area contributed by atoms with Gasteiger partial charge in [0.2, 0.25) is 5.89 Å². The van der Waals surface area contributed by atoms with Gasteiger partial charge >= 0.3 is 6.01 Å². The predicted molar refractivity (Wildman–Crippen MR) is 71.5 cm³/mol. The Morgan fingerprint density at radius 2 is 2.00 bits per heavy atom. The third-order valence-electron chi connectivity index (χ3n) is 3.30. The Hall–Kier alpha value is -1.10. The van der Waals surface area contributed by atoms with E-state index >= 15 is 0 Å². The zero-order chi connectivity index (χ0) is 13.0. The van der Waals surface area contributed by atoms with E-state index in [2.05, 4.69) is 41.2 Å². The molecule has 0 amide bonds. The molecule has 5 heteroatoms. The van der Waals surface area contributed by atoms with Gasteiger partial charge in [0.05, 0.1) is 6.54 Å². The van der Waals surface area contributed by atoms with Gasteiger partial charge in [-0.15, -0.1) is 5.10 Å². The van der Waals surface area contributed by atoms with Gasteiger partial charge in [0, 0.05) is 13.1 Å². The predicted octanol–water partition coefficient (Wildman–Crippen LogP) is 2.05. The summed E-state index contributed by atoms with van der Waals surface area (Å²) in [5.74, 6) is 2.08. The SMILES string of the molecule is CCCNCc1nnc(N2CC(C)CC(C)C2)o1. The average Bonchev–Trinajstić information content (AvgIpc) is 2.77. The van der Waals surface area contributed by atoms with Crippen LogP contribution in [0.3, 0.4) is 0 Å². The van der Waals surface area contributed by atoms with Crippen LogP contribution in [-0.4, -0.2) is 29.8 Å². The van der Waals surface area contributed by atoms with Crippen molar-refractivity contribution in [3.63, 3.8) is 0 Å². The van der Waals surface area contributed by atoms with Crippen LogP contribution in [0.25, 0.3) is 0 Å². The molecule has 0 bridgehead atoms. The number of anilines is 1. The molecule has 1 N–H and O–H groups in total. The minimum atomic E-state index is 0.666. The Balaban J connectivity index is 1.92. The van der Waals surface area contributed by atoms with Crippen LogP contribution < -0.4 is 10.2 Å². The Kier molecular flexibility index (Phi) is 4.58. The Labute approximate surface area is 109 Å². The third-order valence-corrected chi connectivity index (χ3v) is 3.30. The number of rotatable bonds is 5. The van der Waals surface area contributed by atoms with Crippen LogP contribution in [0.2, 0.25) is 0 Å². The van der Waals surface area contributed by atoms with Gasteiger partial charge in [0.1, 0.15) is 0 Å². The smallest absolute Gasteiger partial charge is 0.318 e. The van der Waals surface area contributed by atoms with E-state index in [4.69, 9.17) is 4.42 Å². The topological polar surface area (TPSA) is 54.2 Å². The maximum Gasteiger partial charge on any atom is 0.318 e. The molecule has 2 heterocycles. The summed E-state index contributed by atoms with van der Waals surface area (Å²) in [4.78, 5) is 2.22. The number of nitrogens with zero attached hydrogens (tertiary/aromatic N) is 3. The molecule has 102 valence electrons. The lowest BCUT2D eigenvalue weighted by Crippen LogP contribution is -2.38. The number of piperidine rings is 1. The van der Waals surface area contributed by atoms with E-state index in [0.29, 0.717) is 30.3 Å². The monoisotopic (exact) mass is 252 g/mol. The largest absolute Gasteiger partial charge is 0.407 e. The van der Waals surface area contributed by atoms with E-state index in [0.717, 1.165) is 26.1 Å². The summed E-state index contributed by atoms with van der Waals surface area (Å²) >= 11 is 0. The van der Waals surface area contributed by atoms with Crippen molar-refractivity contribution in [3.05, 3.63) is 5.89 Å². The van der Waals surface area contributed by atoms with E-state index < -0.39 is 0 Å². The van der Waals surface area contributed by atoms with Crippen LogP contribution in [0.5, 0.6) is 0 Å². The first-order valence-corrected chi connectivity index (χ1v) is 6.97. The lowest BCUT2D eigenvalue weighted by molar-refractivity contribution is 0.337. The van der Waals surface area contributed by atoms with Crippen molar-refractivity contribution in [1.82, 2.24) is 15.5 Å². The molecule has 2 atom stereocenters. The van der Waals surface area contributed by atoms with E-state index in [-0.39, 0.29) is 0 Å². The second kappa shape index (κ2) is 6.18. The van der Waals surface area contributed by atoms with E-state index in [1.165, 1.54) is 6.42 Å². The first-order chi connectivity index (χ1) is 8.69. The Bertz CT molecular complexity index is 356. The molecule has 18 heavy (non-hydrogen) atoms. The molecule has 0 aliphatic carbocycles. The summed E-state index contributed by atoms with van der Waals surface area (Å²) in [5.41, 5.74) is 0. The van der Waals surface area contributed by atoms with Gasteiger partial charge in [-0.05, 0) is 31.2 Å². The molecule has 1 aliphatic heterocycles. The lowest BCUT2D eigenvalue weighted by atomic mass is 9.92. The molecular weight excluding hydrogens is 228 g/mol. The number of hydrogen-bond donors (Lipinski definition) is 1. The quantitative estimate of drug-likeness (QED) is 0.813. The number of hydrogen-bond acceptors (Lipinski definition) is 5. The standard InChI is InChI=1S/C13H24N4O/c1-4-5-14-7-12-15-16-13(18-12)17-8-10(2)6-11(3)9-17/h10-11,14H,4-9H2,1-3H3. The maximum absolute atomic E-state index is 5.71. The molecule has 1 saturated heterocycles. The highest BCUT2D eigenvalue weighted by Crippen LogP contribution is 2.25. The molecule has 1 aromatic heterocycles. The van der Waals surface area contributed by atoms with E-state index in [9.17, 15) is 0 Å². The van der Waals surface area contributed by atoms with Crippen molar-refractivity contribution >= 4 is 6.01 Å². The van der Waals surface area contributed by atoms with Crippen molar-refractivity contribution in [2.45, 2.75) is 40.2 Å². The fourth-order valence-electron chi connectivity index (χ4n) is 2.64. The number of aromatic nitrogens is 2. The summed E-state index contributed by atoms with van der Waals surface area (Å²) in [6, 6.07) is 0.682. The second-order valence-corrected chi connectivity index (χ2v) is 5.51. The molecule has 1 fully saturated rings. The molecule has 0 spiro atoms. The van der Waals surface area contributed by atoms with Crippen LogP contribution in [0.4, 0.5) is 6.01 Å². The lowest BCUT2D eigenvalue weighted by Gasteiger charge is -2.33. The van der Waals surface area contributed by atoms with Crippen LogP contribution in [0.15, 0.2) is 4.42 Å². The van der Waals surface area contributed by atoms with Crippen LogP contribution in [-0.2, 0) is 6.54 Å². The fraction of sp³-hybridized carbons (Fsp3) is 0.846. The van der Waals surface area contributed by atoms with Crippen LogP contribution in [0.1, 0.15) is 39.5 Å². The minimum Gasteiger partial charge on any atom is -0.407 e. The summed E-state index contributed by atoms with van der Waals surface area (Å²) in [5, 5.41) is 11.5. The molecule has 2 rings (SSSR count). The van der Waals surface area contributed by atoms with Gasteiger partial charge in [0.15, 0.2) is 0 Å². The average molecular weight is 252 g/mol. The second-order valence-electron chi connectivity index (χ2n) is 5.51. The van der Waals surface area contributed by atoms with Crippen molar-refractivity contribution in [3.8, 4) is 0 Å². The Morgan fingerprint density at radius 3 is 2.67 bits per heavy atom. The third kappa shape index (κ3) is 3.45. The van der Waals surface area contributed by atoms with E-state index in [1.807, 2.05) is 0 Å².